The number of carbonyl (C=O) groups is 3. The van der Waals surface area contributed by atoms with Crippen molar-refractivity contribution in [3.05, 3.63) is 56.5 Å². The van der Waals surface area contributed by atoms with Gasteiger partial charge in [0.15, 0.2) is 18.1 Å². The molecule has 0 bridgehead atoms. The summed E-state index contributed by atoms with van der Waals surface area (Å²) in [6, 6.07) is 12.5. The first-order chi connectivity index (χ1) is 15.3. The van der Waals surface area contributed by atoms with Crippen LogP contribution in [0.2, 0.25) is 0 Å². The number of ether oxygens (including phenoxy) is 2. The van der Waals surface area contributed by atoms with Gasteiger partial charge in [0.05, 0.1) is 15.6 Å². The Kier molecular flexibility index (Phi) is 8.19. The normalized spacial score (nSPS) is 15.8. The Labute approximate surface area is 204 Å². The van der Waals surface area contributed by atoms with Crippen molar-refractivity contribution < 1.29 is 23.9 Å². The summed E-state index contributed by atoms with van der Waals surface area (Å²) in [7, 11) is 1.50. The van der Waals surface area contributed by atoms with Crippen LogP contribution in [0, 0.1) is 3.57 Å². The van der Waals surface area contributed by atoms with Gasteiger partial charge in [0.25, 0.3) is 17.1 Å². The molecule has 7 nitrogen and oxygen atoms in total. The average Bonchev–Trinajstić information content (AvgIpc) is 3.05. The fourth-order valence-electron chi connectivity index (χ4n) is 3.01. The maximum Gasteiger partial charge on any atom is 0.293 e. The van der Waals surface area contributed by atoms with Crippen LogP contribution in [0.4, 0.5) is 10.5 Å². The van der Waals surface area contributed by atoms with Gasteiger partial charge in [-0.2, -0.15) is 0 Å². The number of carbonyl (C=O) groups excluding carboxylic acids is 3. The highest BCUT2D eigenvalue weighted by atomic mass is 127. The van der Waals surface area contributed by atoms with Gasteiger partial charge in [-0.15, -0.1) is 0 Å². The molecule has 1 heterocycles. The van der Waals surface area contributed by atoms with Crippen LogP contribution in [0.3, 0.4) is 0 Å². The highest BCUT2D eigenvalue weighted by Crippen LogP contribution is 2.38. The van der Waals surface area contributed by atoms with Crippen molar-refractivity contribution in [2.75, 3.05) is 19.0 Å². The van der Waals surface area contributed by atoms with E-state index in [1.54, 1.807) is 24.3 Å². The predicted octanol–water partition coefficient (Wildman–Crippen LogP) is 5.15. The number of hydrogen-bond acceptors (Lipinski definition) is 6. The second kappa shape index (κ2) is 10.9. The molecule has 1 saturated heterocycles. The number of imide groups is 1. The molecule has 168 valence electrons. The van der Waals surface area contributed by atoms with Crippen LogP contribution >= 0.6 is 34.4 Å². The molecule has 32 heavy (non-hydrogen) atoms. The average molecular weight is 566 g/mol. The molecular weight excluding hydrogens is 543 g/mol. The zero-order chi connectivity index (χ0) is 23.3. The summed E-state index contributed by atoms with van der Waals surface area (Å²) in [5.41, 5.74) is 1.38. The number of benzene rings is 2. The quantitative estimate of drug-likeness (QED) is 0.352. The summed E-state index contributed by atoms with van der Waals surface area (Å²) < 4.78 is 11.9. The third-order valence-electron chi connectivity index (χ3n) is 4.81. The number of nitrogens with one attached hydrogen (secondary N) is 1. The van der Waals surface area contributed by atoms with Gasteiger partial charge in [0.2, 0.25) is 0 Å². The van der Waals surface area contributed by atoms with E-state index in [0.717, 1.165) is 11.8 Å². The predicted molar refractivity (Wildman–Crippen MR) is 134 cm³/mol. The molecule has 1 aliphatic heterocycles. The summed E-state index contributed by atoms with van der Waals surface area (Å²) in [5, 5.41) is 2.50. The fourth-order valence-corrected chi connectivity index (χ4v) is 4.72. The zero-order valence-corrected chi connectivity index (χ0v) is 20.9. The lowest BCUT2D eigenvalue weighted by Gasteiger charge is -2.19. The van der Waals surface area contributed by atoms with Crippen molar-refractivity contribution in [3.63, 3.8) is 0 Å². The van der Waals surface area contributed by atoms with Gasteiger partial charge in [0.1, 0.15) is 0 Å². The van der Waals surface area contributed by atoms with Crippen LogP contribution in [0.1, 0.15) is 25.8 Å². The molecule has 3 rings (SSSR count). The molecule has 1 aliphatic rings. The van der Waals surface area contributed by atoms with Gasteiger partial charge in [-0.25, -0.2) is 0 Å². The number of halogens is 1. The van der Waals surface area contributed by atoms with E-state index < -0.39 is 0 Å². The number of nitrogens with zero attached hydrogens (tertiary/aromatic N) is 1. The smallest absolute Gasteiger partial charge is 0.293 e. The lowest BCUT2D eigenvalue weighted by molar-refractivity contribution is -0.124. The van der Waals surface area contributed by atoms with Crippen molar-refractivity contribution in [1.29, 1.82) is 0 Å². The lowest BCUT2D eigenvalue weighted by Crippen LogP contribution is -2.36. The molecule has 1 N–H and O–H groups in total. The summed E-state index contributed by atoms with van der Waals surface area (Å²) in [4.78, 5) is 38.8. The van der Waals surface area contributed by atoms with Crippen LogP contribution in [0.25, 0.3) is 6.08 Å². The summed E-state index contributed by atoms with van der Waals surface area (Å²) in [6.07, 6.45) is 2.37. The summed E-state index contributed by atoms with van der Waals surface area (Å²) >= 11 is 3.02. The number of para-hydroxylation sites is 1. The molecule has 1 fully saturated rings. The summed E-state index contributed by atoms with van der Waals surface area (Å²) in [5.74, 6) is 0.274. The second-order valence-corrected chi connectivity index (χ2v) is 9.20. The first-order valence-electron chi connectivity index (χ1n) is 9.96. The van der Waals surface area contributed by atoms with E-state index in [9.17, 15) is 14.4 Å². The van der Waals surface area contributed by atoms with E-state index in [1.165, 1.54) is 12.0 Å². The Balaban J connectivity index is 1.75. The molecule has 2 aromatic carbocycles. The maximum absolute atomic E-state index is 12.7. The molecular formula is C23H23IN2O5S. The highest BCUT2D eigenvalue weighted by Gasteiger charge is 2.37. The fraction of sp³-hybridized carbons (Fsp3) is 0.261. The van der Waals surface area contributed by atoms with Crippen molar-refractivity contribution in [1.82, 2.24) is 4.90 Å². The number of amides is 3. The van der Waals surface area contributed by atoms with E-state index in [-0.39, 0.29) is 29.7 Å². The topological polar surface area (TPSA) is 84.9 Å². The Morgan fingerprint density at radius 2 is 1.97 bits per heavy atom. The van der Waals surface area contributed by atoms with Crippen LogP contribution in [-0.4, -0.2) is 41.7 Å². The van der Waals surface area contributed by atoms with Gasteiger partial charge in [-0.3, -0.25) is 19.3 Å². The van der Waals surface area contributed by atoms with Crippen LogP contribution < -0.4 is 14.8 Å². The molecule has 3 amide bonds. The first-order valence-corrected chi connectivity index (χ1v) is 11.9. The van der Waals surface area contributed by atoms with Crippen molar-refractivity contribution >= 4 is 63.2 Å². The van der Waals surface area contributed by atoms with E-state index >= 15 is 0 Å². The number of thioether (sulfide) groups is 1. The van der Waals surface area contributed by atoms with Crippen molar-refractivity contribution in [2.24, 2.45) is 0 Å². The number of hydrogen-bond donors (Lipinski definition) is 1. The van der Waals surface area contributed by atoms with Crippen LogP contribution in [-0.2, 0) is 9.59 Å². The monoisotopic (exact) mass is 566 g/mol. The van der Waals surface area contributed by atoms with Crippen molar-refractivity contribution in [2.45, 2.75) is 26.3 Å². The number of methoxy groups -OCH3 is 1. The van der Waals surface area contributed by atoms with Gasteiger partial charge < -0.3 is 14.8 Å². The third-order valence-corrected chi connectivity index (χ3v) is 6.49. The van der Waals surface area contributed by atoms with Gasteiger partial charge in [0, 0.05) is 11.7 Å². The Bertz CT molecular complexity index is 1060. The Morgan fingerprint density at radius 1 is 1.25 bits per heavy atom. The first kappa shape index (κ1) is 24.1. The molecule has 0 aromatic heterocycles. The van der Waals surface area contributed by atoms with Crippen molar-refractivity contribution in [3.8, 4) is 11.5 Å². The van der Waals surface area contributed by atoms with Gasteiger partial charge in [-0.05, 0) is 83.6 Å². The molecule has 0 unspecified atom stereocenters. The van der Waals surface area contributed by atoms with Gasteiger partial charge >= 0.3 is 0 Å². The minimum absolute atomic E-state index is 0.152. The summed E-state index contributed by atoms with van der Waals surface area (Å²) in [6.45, 7) is 3.60. The molecule has 2 aromatic rings. The number of rotatable bonds is 8. The minimum Gasteiger partial charge on any atom is -0.493 e. The van der Waals surface area contributed by atoms with E-state index in [1.807, 2.05) is 38.1 Å². The maximum atomic E-state index is 12.7. The van der Waals surface area contributed by atoms with Crippen LogP contribution in [0.15, 0.2) is 47.4 Å². The zero-order valence-electron chi connectivity index (χ0n) is 17.9. The standard InChI is InChI=1S/C23H23IN2O5S/c1-4-14(2)26-22(28)19(32-23(26)29)12-15-10-17(24)21(18(11-15)30-3)31-13-20(27)25-16-8-6-5-7-9-16/h5-12,14H,4,13H2,1-3H3,(H,25,27)/b19-12-/t14-/m1/s1. The SMILES string of the molecule is CC[C@@H](C)N1C(=O)S/C(=C\c2cc(I)c(OCC(=O)Nc3ccccc3)c(OC)c2)C1=O. The molecule has 0 spiro atoms. The molecule has 0 radical (unpaired) electrons. The highest BCUT2D eigenvalue weighted by molar-refractivity contribution is 14.1. The second-order valence-electron chi connectivity index (χ2n) is 7.05. The van der Waals surface area contributed by atoms with Crippen LogP contribution in [0.5, 0.6) is 11.5 Å². The molecule has 0 aliphatic carbocycles. The lowest BCUT2D eigenvalue weighted by atomic mass is 10.1. The minimum atomic E-state index is -0.295. The third kappa shape index (κ3) is 5.63. The van der Waals surface area contributed by atoms with E-state index in [0.29, 0.717) is 37.6 Å². The van der Waals surface area contributed by atoms with E-state index in [2.05, 4.69) is 27.9 Å². The Morgan fingerprint density at radius 3 is 2.62 bits per heavy atom. The molecule has 9 heteroatoms. The van der Waals surface area contributed by atoms with Gasteiger partial charge in [-0.1, -0.05) is 25.1 Å². The Hall–Kier alpha value is -2.53. The molecule has 0 saturated carbocycles. The number of anilines is 1. The van der Waals surface area contributed by atoms with E-state index in [4.69, 9.17) is 9.47 Å². The molecule has 1 atom stereocenters. The largest absolute Gasteiger partial charge is 0.493 e.